The van der Waals surface area contributed by atoms with Gasteiger partial charge in [-0.05, 0) is 77.0 Å². The van der Waals surface area contributed by atoms with Gasteiger partial charge in [0.1, 0.15) is 24.4 Å². The van der Waals surface area contributed by atoms with Crippen molar-refractivity contribution < 1.29 is 49.3 Å². The van der Waals surface area contributed by atoms with Gasteiger partial charge in [-0.2, -0.15) is 0 Å². The van der Waals surface area contributed by atoms with Crippen molar-refractivity contribution in [2.75, 3.05) is 13.2 Å². The fourth-order valence-electron chi connectivity index (χ4n) is 12.6. The lowest BCUT2D eigenvalue weighted by Crippen LogP contribution is -2.61. The van der Waals surface area contributed by atoms with E-state index in [-0.39, 0.29) is 13.0 Å². The quantitative estimate of drug-likeness (QED) is 0.0195. The number of carbonyl (C=O) groups excluding carboxylic acids is 2. The lowest BCUT2D eigenvalue weighted by Gasteiger charge is -2.41. The van der Waals surface area contributed by atoms with E-state index in [1.54, 1.807) is 6.08 Å². The van der Waals surface area contributed by atoms with Crippen LogP contribution in [-0.2, 0) is 23.8 Å². The van der Waals surface area contributed by atoms with Crippen LogP contribution in [0.2, 0.25) is 0 Å². The van der Waals surface area contributed by atoms with Crippen molar-refractivity contribution in [2.45, 2.75) is 442 Å². The Morgan fingerprint density at radius 3 is 1.08 bits per heavy atom. The van der Waals surface area contributed by atoms with Gasteiger partial charge in [0.25, 0.3) is 0 Å². The van der Waals surface area contributed by atoms with Crippen molar-refractivity contribution in [2.24, 2.45) is 0 Å². The van der Waals surface area contributed by atoms with Gasteiger partial charge in [-0.15, -0.1) is 0 Å². The van der Waals surface area contributed by atoms with E-state index in [1.165, 1.54) is 289 Å². The second-order valence-corrected chi connectivity index (χ2v) is 27.4. The van der Waals surface area contributed by atoms with E-state index < -0.39 is 67.4 Å². The standard InChI is InChI=1S/C79H149NO10/c1-4-7-10-13-16-19-22-25-27-29-31-33-35-37-39-41-43-45-47-49-52-55-58-61-64-67-74(84)90-77-76(86)75(85)73(68-81)89-79(77)88-69-70(71(82)65-62-59-56-53-50-24-21-18-15-12-9-6-3)80-78(87)72(83)66-63-60-57-54-51-48-46-44-42-40-38-36-34-32-30-28-26-23-20-17-14-11-8-5-2/h25-28,62,65,70-73,75-77,79,81-83,85-86H,4-24,29-61,63-64,66-69H2,1-3H3,(H,80,87)/b27-25+,28-26+,65-62+. The Morgan fingerprint density at radius 1 is 0.422 bits per heavy atom. The molecule has 0 aromatic rings. The molecule has 0 bridgehead atoms. The molecule has 1 heterocycles. The summed E-state index contributed by atoms with van der Waals surface area (Å²) in [7, 11) is 0. The number of ether oxygens (including phenoxy) is 3. The molecule has 1 saturated heterocycles. The Kier molecular flexibility index (Phi) is 63.8. The molecule has 8 unspecified atom stereocenters. The largest absolute Gasteiger partial charge is 0.454 e. The summed E-state index contributed by atoms with van der Waals surface area (Å²) < 4.78 is 17.8. The highest BCUT2D eigenvalue weighted by atomic mass is 16.7. The summed E-state index contributed by atoms with van der Waals surface area (Å²) in [5.74, 6) is -1.17. The maximum absolute atomic E-state index is 13.5. The van der Waals surface area contributed by atoms with Gasteiger partial charge >= 0.3 is 5.97 Å². The van der Waals surface area contributed by atoms with Crippen molar-refractivity contribution in [1.29, 1.82) is 0 Å². The molecule has 90 heavy (non-hydrogen) atoms. The van der Waals surface area contributed by atoms with E-state index in [0.717, 1.165) is 57.8 Å². The number of aliphatic hydroxyl groups excluding tert-OH is 5. The molecule has 1 fully saturated rings. The van der Waals surface area contributed by atoms with Gasteiger partial charge in [0, 0.05) is 6.42 Å². The smallest absolute Gasteiger partial charge is 0.306 e. The Bertz CT molecular complexity index is 1610. The molecular weight excluding hydrogens is 1120 g/mol. The highest BCUT2D eigenvalue weighted by molar-refractivity contribution is 5.80. The van der Waals surface area contributed by atoms with Crippen LogP contribution < -0.4 is 5.32 Å². The molecule has 530 valence electrons. The first kappa shape index (κ1) is 85.9. The number of hydrogen-bond acceptors (Lipinski definition) is 10. The van der Waals surface area contributed by atoms with Crippen molar-refractivity contribution >= 4 is 11.9 Å². The summed E-state index contributed by atoms with van der Waals surface area (Å²) in [6, 6.07) is -1.02. The Morgan fingerprint density at radius 2 is 0.733 bits per heavy atom. The first-order valence-corrected chi connectivity index (χ1v) is 39.3. The molecule has 11 heteroatoms. The minimum atomic E-state index is -1.61. The molecule has 0 radical (unpaired) electrons. The summed E-state index contributed by atoms with van der Waals surface area (Å²) in [5, 5.41) is 57.4. The fourth-order valence-corrected chi connectivity index (χ4v) is 12.6. The molecule has 0 aliphatic carbocycles. The van der Waals surface area contributed by atoms with Crippen LogP contribution in [0.1, 0.15) is 393 Å². The van der Waals surface area contributed by atoms with Crippen LogP contribution in [0.25, 0.3) is 0 Å². The second kappa shape index (κ2) is 66.9. The Hall–Kier alpha value is -2.12. The number of amides is 1. The number of allylic oxidation sites excluding steroid dienone is 5. The van der Waals surface area contributed by atoms with E-state index in [1.807, 2.05) is 6.08 Å². The summed E-state index contributed by atoms with van der Waals surface area (Å²) in [6.45, 7) is 5.85. The molecule has 1 amide bonds. The molecular formula is C79H149NO10. The van der Waals surface area contributed by atoms with E-state index in [9.17, 15) is 35.1 Å². The number of rotatable bonds is 69. The van der Waals surface area contributed by atoms with Gasteiger partial charge in [0.05, 0.1) is 25.4 Å². The number of carbonyl (C=O) groups is 2. The summed E-state index contributed by atoms with van der Waals surface area (Å²) >= 11 is 0. The predicted molar refractivity (Wildman–Crippen MR) is 380 cm³/mol. The molecule has 8 atom stereocenters. The molecule has 0 aromatic carbocycles. The van der Waals surface area contributed by atoms with Crippen molar-refractivity contribution in [1.82, 2.24) is 5.32 Å². The first-order chi connectivity index (χ1) is 44.2. The third kappa shape index (κ3) is 53.2. The molecule has 1 rings (SSSR count). The fraction of sp³-hybridized carbons (Fsp3) is 0.899. The van der Waals surface area contributed by atoms with Gasteiger partial charge in [-0.25, -0.2) is 0 Å². The minimum absolute atomic E-state index is 0.128. The maximum atomic E-state index is 13.5. The molecule has 0 aromatic heterocycles. The van der Waals surface area contributed by atoms with Gasteiger partial charge in [0.2, 0.25) is 5.91 Å². The Labute approximate surface area is 555 Å². The van der Waals surface area contributed by atoms with Crippen LogP contribution in [0.4, 0.5) is 0 Å². The van der Waals surface area contributed by atoms with Crippen molar-refractivity contribution in [3.8, 4) is 0 Å². The van der Waals surface area contributed by atoms with Gasteiger partial charge in [0.15, 0.2) is 12.4 Å². The lowest BCUT2D eigenvalue weighted by molar-refractivity contribution is -0.305. The monoisotopic (exact) mass is 1270 g/mol. The lowest BCUT2D eigenvalue weighted by atomic mass is 9.99. The number of esters is 1. The van der Waals surface area contributed by atoms with Gasteiger partial charge < -0.3 is 45.1 Å². The average Bonchev–Trinajstić information content (AvgIpc) is 1.18. The zero-order chi connectivity index (χ0) is 65.3. The third-order valence-corrected chi connectivity index (χ3v) is 18.8. The van der Waals surface area contributed by atoms with E-state index in [4.69, 9.17) is 14.2 Å². The number of hydrogen-bond donors (Lipinski definition) is 6. The van der Waals surface area contributed by atoms with Crippen LogP contribution in [0.3, 0.4) is 0 Å². The van der Waals surface area contributed by atoms with E-state index >= 15 is 0 Å². The highest BCUT2D eigenvalue weighted by Crippen LogP contribution is 2.27. The zero-order valence-corrected chi connectivity index (χ0v) is 59.3. The predicted octanol–water partition coefficient (Wildman–Crippen LogP) is 20.9. The highest BCUT2D eigenvalue weighted by Gasteiger charge is 2.47. The SMILES string of the molecule is CCCCCCCC/C=C/CCCCCCCCCCCCCCCCCC(=O)OC1C(OCC(NC(=O)C(O)CCCCCCCCCCCCCCCC/C=C/CCCCCCCC)C(O)/C=C/CCCCCCCCCCCC)OC(CO)C(O)C1O. The maximum Gasteiger partial charge on any atom is 0.306 e. The van der Waals surface area contributed by atoms with Gasteiger partial charge in [-0.3, -0.25) is 9.59 Å². The van der Waals surface area contributed by atoms with E-state index in [2.05, 4.69) is 50.4 Å². The number of unbranched alkanes of at least 4 members (excludes halogenated alkanes) is 51. The second-order valence-electron chi connectivity index (χ2n) is 27.4. The molecule has 0 saturated carbocycles. The van der Waals surface area contributed by atoms with Gasteiger partial charge in [-0.1, -0.05) is 346 Å². The normalized spacial score (nSPS) is 18.2. The molecule has 6 N–H and O–H groups in total. The summed E-state index contributed by atoms with van der Waals surface area (Å²) in [4.78, 5) is 26.8. The molecule has 11 nitrogen and oxygen atoms in total. The van der Waals surface area contributed by atoms with Crippen molar-refractivity contribution in [3.63, 3.8) is 0 Å². The first-order valence-electron chi connectivity index (χ1n) is 39.3. The third-order valence-electron chi connectivity index (χ3n) is 18.8. The topological polar surface area (TPSA) is 175 Å². The van der Waals surface area contributed by atoms with Crippen LogP contribution in [-0.4, -0.2) is 99.6 Å². The Balaban J connectivity index is 2.50. The van der Waals surface area contributed by atoms with Crippen LogP contribution >= 0.6 is 0 Å². The zero-order valence-electron chi connectivity index (χ0n) is 59.3. The average molecular weight is 1270 g/mol. The van der Waals surface area contributed by atoms with E-state index in [0.29, 0.717) is 19.3 Å². The van der Waals surface area contributed by atoms with Crippen LogP contribution in [0.5, 0.6) is 0 Å². The minimum Gasteiger partial charge on any atom is -0.454 e. The number of aliphatic hydroxyl groups is 5. The van der Waals surface area contributed by atoms with Crippen molar-refractivity contribution in [3.05, 3.63) is 36.5 Å². The number of nitrogens with one attached hydrogen (secondary N) is 1. The summed E-state index contributed by atoms with van der Waals surface area (Å²) in [5.41, 5.74) is 0. The van der Waals surface area contributed by atoms with Crippen LogP contribution in [0.15, 0.2) is 36.5 Å². The summed E-state index contributed by atoms with van der Waals surface area (Å²) in [6.07, 6.45) is 73.4. The van der Waals surface area contributed by atoms with Crippen LogP contribution in [0, 0.1) is 0 Å². The molecule has 1 aliphatic heterocycles. The molecule has 0 spiro atoms. The molecule has 1 aliphatic rings.